The van der Waals surface area contributed by atoms with Gasteiger partial charge < -0.3 is 5.32 Å². The lowest BCUT2D eigenvalue weighted by Gasteiger charge is -2.08. The lowest BCUT2D eigenvalue weighted by molar-refractivity contribution is 1.06. The van der Waals surface area contributed by atoms with Gasteiger partial charge in [-0.15, -0.1) is 0 Å². The van der Waals surface area contributed by atoms with E-state index in [9.17, 15) is 0 Å². The van der Waals surface area contributed by atoms with Gasteiger partial charge in [0.25, 0.3) is 0 Å². The molecule has 0 atom stereocenters. The van der Waals surface area contributed by atoms with E-state index in [0.717, 1.165) is 15.9 Å². The minimum absolute atomic E-state index is 0.483. The van der Waals surface area contributed by atoms with Gasteiger partial charge in [-0.3, -0.25) is 0 Å². The van der Waals surface area contributed by atoms with Crippen LogP contribution in [0.2, 0.25) is 5.15 Å². The molecule has 0 saturated heterocycles. The van der Waals surface area contributed by atoms with Gasteiger partial charge in [0.05, 0.1) is 0 Å². The van der Waals surface area contributed by atoms with Crippen molar-refractivity contribution in [2.24, 2.45) is 0 Å². The van der Waals surface area contributed by atoms with Gasteiger partial charge in [-0.05, 0) is 24.6 Å². The topological polar surface area (TPSA) is 37.8 Å². The van der Waals surface area contributed by atoms with Gasteiger partial charge in [-0.2, -0.15) is 0 Å². The Labute approximate surface area is 113 Å². The molecule has 3 nitrogen and oxygen atoms in total. The zero-order valence-electron chi connectivity index (χ0n) is 9.24. The number of anilines is 1. The number of rotatable bonds is 3. The van der Waals surface area contributed by atoms with Crippen molar-refractivity contribution >= 4 is 33.3 Å². The molecule has 1 aromatic heterocycles. The maximum Gasteiger partial charge on any atom is 0.137 e. The molecule has 0 aliphatic carbocycles. The molecule has 1 N–H and O–H groups in total. The van der Waals surface area contributed by atoms with Crippen molar-refractivity contribution in [3.63, 3.8) is 0 Å². The average molecular weight is 313 g/mol. The second-order valence-electron chi connectivity index (χ2n) is 3.62. The van der Waals surface area contributed by atoms with E-state index in [4.69, 9.17) is 11.6 Å². The number of nitrogens with one attached hydrogen (secondary N) is 1. The third-order valence-corrected chi connectivity index (χ3v) is 3.25. The number of halogens is 2. The maximum absolute atomic E-state index is 5.92. The summed E-state index contributed by atoms with van der Waals surface area (Å²) >= 11 is 9.36. The summed E-state index contributed by atoms with van der Waals surface area (Å²) in [4.78, 5) is 8.07. The molecule has 1 heterocycles. The Balaban J connectivity index is 2.10. The van der Waals surface area contributed by atoms with E-state index in [2.05, 4.69) is 43.3 Å². The summed E-state index contributed by atoms with van der Waals surface area (Å²) in [6, 6.07) is 8.11. The second-order valence-corrected chi connectivity index (χ2v) is 4.90. The molecule has 0 fully saturated rings. The summed E-state index contributed by atoms with van der Waals surface area (Å²) < 4.78 is 1.06. The normalized spacial score (nSPS) is 10.3. The molecular formula is C12H11BrClN3. The van der Waals surface area contributed by atoms with Crippen molar-refractivity contribution in [2.75, 3.05) is 5.32 Å². The summed E-state index contributed by atoms with van der Waals surface area (Å²) in [6.45, 7) is 2.60. The van der Waals surface area contributed by atoms with Crippen LogP contribution in [0, 0.1) is 6.92 Å². The molecule has 0 amide bonds. The molecule has 0 radical (unpaired) electrons. The lowest BCUT2D eigenvalue weighted by atomic mass is 10.2. The van der Waals surface area contributed by atoms with Crippen molar-refractivity contribution in [1.29, 1.82) is 0 Å². The summed E-state index contributed by atoms with van der Waals surface area (Å²) in [5.41, 5.74) is 2.04. The second kappa shape index (κ2) is 5.47. The number of hydrogen-bond acceptors (Lipinski definition) is 3. The van der Waals surface area contributed by atoms with Gasteiger partial charge in [-0.1, -0.05) is 39.7 Å². The fourth-order valence-corrected chi connectivity index (χ4v) is 2.02. The van der Waals surface area contributed by atoms with E-state index in [1.165, 1.54) is 11.9 Å². The predicted molar refractivity (Wildman–Crippen MR) is 73.2 cm³/mol. The number of nitrogens with zero attached hydrogens (tertiary/aromatic N) is 2. The highest BCUT2D eigenvalue weighted by molar-refractivity contribution is 9.10. The van der Waals surface area contributed by atoms with Crippen LogP contribution in [0.1, 0.15) is 11.1 Å². The minimum Gasteiger partial charge on any atom is -0.366 e. The molecule has 0 saturated carbocycles. The molecular weight excluding hydrogens is 302 g/mol. The van der Waals surface area contributed by atoms with E-state index >= 15 is 0 Å². The number of aromatic nitrogens is 2. The minimum atomic E-state index is 0.483. The smallest absolute Gasteiger partial charge is 0.137 e. The van der Waals surface area contributed by atoms with Gasteiger partial charge in [0.15, 0.2) is 0 Å². The van der Waals surface area contributed by atoms with Gasteiger partial charge >= 0.3 is 0 Å². The van der Waals surface area contributed by atoms with Crippen molar-refractivity contribution < 1.29 is 0 Å². The van der Waals surface area contributed by atoms with Gasteiger partial charge in [0.2, 0.25) is 0 Å². The highest BCUT2D eigenvalue weighted by atomic mass is 79.9. The molecule has 1 aromatic carbocycles. The molecule has 17 heavy (non-hydrogen) atoms. The zero-order valence-corrected chi connectivity index (χ0v) is 11.6. The number of benzene rings is 1. The van der Waals surface area contributed by atoms with Gasteiger partial charge in [0.1, 0.15) is 17.3 Å². The fourth-order valence-electron chi connectivity index (χ4n) is 1.44. The summed E-state index contributed by atoms with van der Waals surface area (Å²) in [7, 11) is 0. The summed E-state index contributed by atoms with van der Waals surface area (Å²) in [6.07, 6.45) is 1.46. The summed E-state index contributed by atoms with van der Waals surface area (Å²) in [5.74, 6) is 0.768. The molecule has 0 aliphatic rings. The van der Waals surface area contributed by atoms with Crippen LogP contribution in [0.4, 0.5) is 5.82 Å². The van der Waals surface area contributed by atoms with E-state index in [1.54, 1.807) is 0 Å². The Morgan fingerprint density at radius 3 is 2.94 bits per heavy atom. The first kappa shape index (κ1) is 12.3. The standard InChI is InChI=1S/C12H11BrClN3/c1-8-11(14)16-7-17-12(8)15-6-9-3-2-4-10(13)5-9/h2-5,7H,6H2,1H3,(H,15,16,17). The van der Waals surface area contributed by atoms with Crippen LogP contribution in [0.15, 0.2) is 35.1 Å². The fraction of sp³-hybridized carbons (Fsp3) is 0.167. The van der Waals surface area contributed by atoms with E-state index in [0.29, 0.717) is 11.7 Å². The van der Waals surface area contributed by atoms with Crippen LogP contribution in [-0.2, 0) is 6.54 Å². The highest BCUT2D eigenvalue weighted by Gasteiger charge is 2.04. The Morgan fingerprint density at radius 1 is 1.35 bits per heavy atom. The van der Waals surface area contributed by atoms with Crippen LogP contribution < -0.4 is 5.32 Å². The molecule has 5 heteroatoms. The van der Waals surface area contributed by atoms with Crippen molar-refractivity contribution in [2.45, 2.75) is 13.5 Å². The van der Waals surface area contributed by atoms with E-state index in [1.807, 2.05) is 19.1 Å². The first-order valence-corrected chi connectivity index (χ1v) is 6.29. The maximum atomic E-state index is 5.92. The van der Waals surface area contributed by atoms with Crippen LogP contribution in [0.3, 0.4) is 0 Å². The average Bonchev–Trinajstić information content (AvgIpc) is 2.31. The molecule has 0 spiro atoms. The van der Waals surface area contributed by atoms with E-state index < -0.39 is 0 Å². The first-order valence-electron chi connectivity index (χ1n) is 5.12. The quantitative estimate of drug-likeness (QED) is 0.876. The van der Waals surface area contributed by atoms with Gasteiger partial charge in [-0.25, -0.2) is 9.97 Å². The largest absolute Gasteiger partial charge is 0.366 e. The molecule has 0 unspecified atom stereocenters. The SMILES string of the molecule is Cc1c(Cl)ncnc1NCc1cccc(Br)c1. The van der Waals surface area contributed by atoms with Crippen molar-refractivity contribution in [1.82, 2.24) is 9.97 Å². The molecule has 88 valence electrons. The Kier molecular flexibility index (Phi) is 3.97. The van der Waals surface area contributed by atoms with Gasteiger partial charge in [0, 0.05) is 16.6 Å². The third kappa shape index (κ3) is 3.17. The molecule has 2 aromatic rings. The van der Waals surface area contributed by atoms with Crippen LogP contribution in [0.25, 0.3) is 0 Å². The van der Waals surface area contributed by atoms with Crippen LogP contribution in [-0.4, -0.2) is 9.97 Å². The van der Waals surface area contributed by atoms with Crippen molar-refractivity contribution in [3.05, 3.63) is 51.3 Å². The van der Waals surface area contributed by atoms with E-state index in [-0.39, 0.29) is 0 Å². The van der Waals surface area contributed by atoms with Crippen LogP contribution >= 0.6 is 27.5 Å². The lowest BCUT2D eigenvalue weighted by Crippen LogP contribution is -2.04. The molecule has 0 bridgehead atoms. The highest BCUT2D eigenvalue weighted by Crippen LogP contribution is 2.19. The molecule has 2 rings (SSSR count). The van der Waals surface area contributed by atoms with Crippen LogP contribution in [0.5, 0.6) is 0 Å². The Morgan fingerprint density at radius 2 is 2.18 bits per heavy atom. The van der Waals surface area contributed by atoms with Crippen molar-refractivity contribution in [3.8, 4) is 0 Å². The molecule has 0 aliphatic heterocycles. The third-order valence-electron chi connectivity index (χ3n) is 2.37. The zero-order chi connectivity index (χ0) is 12.3. The summed E-state index contributed by atoms with van der Waals surface area (Å²) in [5, 5.41) is 3.72. The first-order chi connectivity index (χ1) is 8.16. The monoisotopic (exact) mass is 311 g/mol. The Bertz CT molecular complexity index is 531. The number of hydrogen-bond donors (Lipinski definition) is 1. The Hall–Kier alpha value is -1.13. The predicted octanol–water partition coefficient (Wildman–Crippen LogP) is 3.81.